The highest BCUT2D eigenvalue weighted by atomic mass is 32.2. The maximum absolute atomic E-state index is 11.8. The minimum atomic E-state index is -3.04. The highest BCUT2D eigenvalue weighted by molar-refractivity contribution is 7.92. The molecule has 1 aliphatic rings. The van der Waals surface area contributed by atoms with Crippen molar-refractivity contribution in [1.82, 2.24) is 10.3 Å². The molecule has 2 rings (SSSR count). The number of nitrogens with zero attached hydrogens (tertiary/aromatic N) is 1. The van der Waals surface area contributed by atoms with E-state index in [9.17, 15) is 13.2 Å². The van der Waals surface area contributed by atoms with E-state index in [0.29, 0.717) is 18.5 Å². The van der Waals surface area contributed by atoms with E-state index < -0.39 is 15.1 Å². The number of anilines is 1. The summed E-state index contributed by atoms with van der Waals surface area (Å²) < 4.78 is 23.2. The van der Waals surface area contributed by atoms with Crippen molar-refractivity contribution in [3.63, 3.8) is 0 Å². The Hall–Kier alpha value is -1.63. The van der Waals surface area contributed by atoms with Gasteiger partial charge in [0.2, 0.25) is 0 Å². The Kier molecular flexibility index (Phi) is 3.51. The summed E-state index contributed by atoms with van der Waals surface area (Å²) in [5.74, 6) is -0.176. The highest BCUT2D eigenvalue weighted by Gasteiger charge is 2.31. The van der Waals surface area contributed by atoms with Crippen LogP contribution in [0.1, 0.15) is 23.2 Å². The molecule has 0 aliphatic carbocycles. The number of rotatable bonds is 3. The van der Waals surface area contributed by atoms with Gasteiger partial charge in [-0.25, -0.2) is 8.42 Å². The Morgan fingerprint density at radius 2 is 2.33 bits per heavy atom. The molecule has 1 saturated heterocycles. The molecular weight excluding hydrogens is 254 g/mol. The number of hydrogen-bond donors (Lipinski definition) is 2. The number of aromatic nitrogens is 1. The molecule has 1 amide bonds. The molecule has 1 aromatic heterocycles. The Morgan fingerprint density at radius 3 is 2.94 bits per heavy atom. The first-order valence-electron chi connectivity index (χ1n) is 5.70. The van der Waals surface area contributed by atoms with Crippen LogP contribution in [0.4, 0.5) is 5.69 Å². The van der Waals surface area contributed by atoms with Crippen molar-refractivity contribution in [3.8, 4) is 0 Å². The van der Waals surface area contributed by atoms with E-state index in [1.54, 1.807) is 0 Å². The first kappa shape index (κ1) is 12.8. The van der Waals surface area contributed by atoms with Gasteiger partial charge in [0.25, 0.3) is 5.91 Å². The Morgan fingerprint density at radius 1 is 1.56 bits per heavy atom. The molecule has 0 aromatic carbocycles. The summed E-state index contributed by atoms with van der Waals surface area (Å²) in [7, 11) is -3.04. The van der Waals surface area contributed by atoms with E-state index in [1.165, 1.54) is 18.5 Å². The zero-order valence-corrected chi connectivity index (χ0v) is 10.6. The maximum atomic E-state index is 11.8. The number of nitrogens with two attached hydrogens (primary N) is 1. The summed E-state index contributed by atoms with van der Waals surface area (Å²) in [6, 6.07) is 1.53. The summed E-state index contributed by atoms with van der Waals surface area (Å²) in [4.78, 5) is 15.6. The molecule has 1 aromatic rings. The predicted octanol–water partition coefficient (Wildman–Crippen LogP) is -0.0292. The monoisotopic (exact) mass is 269 g/mol. The van der Waals surface area contributed by atoms with Gasteiger partial charge < -0.3 is 11.1 Å². The van der Waals surface area contributed by atoms with Crippen molar-refractivity contribution in [1.29, 1.82) is 0 Å². The first-order valence-corrected chi connectivity index (χ1v) is 7.41. The smallest absolute Gasteiger partial charge is 0.254 e. The standard InChI is InChI=1S/C11H15N3O3S/c12-10-3-4-13-7-9(10)11(15)14-6-8-2-1-5-18(8,16)17/h3-4,7-8H,1-2,5-6H2,(H2,12,13)(H,14,15). The van der Waals surface area contributed by atoms with Crippen LogP contribution in [0.15, 0.2) is 18.5 Å². The number of carbonyl (C=O) groups excluding carboxylic acids is 1. The molecule has 1 unspecified atom stereocenters. The molecule has 1 fully saturated rings. The number of carbonyl (C=O) groups is 1. The minimum Gasteiger partial charge on any atom is -0.398 e. The van der Waals surface area contributed by atoms with Crippen LogP contribution in [0.5, 0.6) is 0 Å². The first-order chi connectivity index (χ1) is 8.50. The normalized spacial score (nSPS) is 21.7. The molecule has 0 spiro atoms. The SMILES string of the molecule is Nc1ccncc1C(=O)NCC1CCCS1(=O)=O. The van der Waals surface area contributed by atoms with E-state index in [-0.39, 0.29) is 23.8 Å². The zero-order valence-electron chi connectivity index (χ0n) is 9.80. The van der Waals surface area contributed by atoms with Gasteiger partial charge >= 0.3 is 0 Å². The Labute approximate surface area is 106 Å². The fourth-order valence-electron chi connectivity index (χ4n) is 1.98. The average Bonchev–Trinajstić information content (AvgIpc) is 2.66. The van der Waals surface area contributed by atoms with Crippen molar-refractivity contribution in [2.45, 2.75) is 18.1 Å². The molecule has 18 heavy (non-hydrogen) atoms. The van der Waals surface area contributed by atoms with Crippen LogP contribution >= 0.6 is 0 Å². The summed E-state index contributed by atoms with van der Waals surface area (Å²) in [5.41, 5.74) is 6.24. The van der Waals surface area contributed by atoms with E-state index in [4.69, 9.17) is 5.73 Å². The van der Waals surface area contributed by atoms with Crippen LogP contribution in [0.3, 0.4) is 0 Å². The fourth-order valence-corrected chi connectivity index (χ4v) is 3.75. The lowest BCUT2D eigenvalue weighted by Crippen LogP contribution is -2.34. The molecule has 0 saturated carbocycles. The largest absolute Gasteiger partial charge is 0.398 e. The van der Waals surface area contributed by atoms with Gasteiger partial charge in [0, 0.05) is 24.6 Å². The second-order valence-electron chi connectivity index (χ2n) is 4.30. The van der Waals surface area contributed by atoms with Gasteiger partial charge in [0.1, 0.15) is 0 Å². The number of nitrogens with one attached hydrogen (secondary N) is 1. The van der Waals surface area contributed by atoms with E-state index in [2.05, 4.69) is 10.3 Å². The molecule has 1 aliphatic heterocycles. The van der Waals surface area contributed by atoms with Crippen LogP contribution in [-0.4, -0.2) is 36.9 Å². The van der Waals surface area contributed by atoms with Crippen molar-refractivity contribution >= 4 is 21.4 Å². The zero-order chi connectivity index (χ0) is 13.2. The topological polar surface area (TPSA) is 102 Å². The van der Waals surface area contributed by atoms with Crippen LogP contribution < -0.4 is 11.1 Å². The van der Waals surface area contributed by atoms with Crippen molar-refractivity contribution in [2.24, 2.45) is 0 Å². The van der Waals surface area contributed by atoms with Crippen molar-refractivity contribution in [3.05, 3.63) is 24.0 Å². The summed E-state index contributed by atoms with van der Waals surface area (Å²) in [5, 5.41) is 2.13. The van der Waals surface area contributed by atoms with Crippen molar-refractivity contribution in [2.75, 3.05) is 18.0 Å². The molecule has 3 N–H and O–H groups in total. The number of amides is 1. The summed E-state index contributed by atoms with van der Waals surface area (Å²) in [6.07, 6.45) is 4.13. The average molecular weight is 269 g/mol. The number of hydrogen-bond acceptors (Lipinski definition) is 5. The molecule has 98 valence electrons. The van der Waals surface area contributed by atoms with Crippen LogP contribution in [0.2, 0.25) is 0 Å². The predicted molar refractivity (Wildman–Crippen MR) is 67.8 cm³/mol. The second kappa shape index (κ2) is 4.93. The maximum Gasteiger partial charge on any atom is 0.254 e. The van der Waals surface area contributed by atoms with Crippen LogP contribution in [0, 0.1) is 0 Å². The third kappa shape index (κ3) is 2.61. The number of sulfone groups is 1. The van der Waals surface area contributed by atoms with Gasteiger partial charge in [0.15, 0.2) is 9.84 Å². The molecule has 7 heteroatoms. The number of pyridine rings is 1. The van der Waals surface area contributed by atoms with E-state index in [0.717, 1.165) is 0 Å². The summed E-state index contributed by atoms with van der Waals surface area (Å²) in [6.45, 7) is 0.134. The second-order valence-corrected chi connectivity index (χ2v) is 6.70. The number of nitrogen functional groups attached to an aromatic ring is 1. The highest BCUT2D eigenvalue weighted by Crippen LogP contribution is 2.19. The van der Waals surface area contributed by atoms with Crippen LogP contribution in [0.25, 0.3) is 0 Å². The summed E-state index contributed by atoms with van der Waals surface area (Å²) >= 11 is 0. The van der Waals surface area contributed by atoms with Gasteiger partial charge in [0.05, 0.1) is 16.6 Å². The molecule has 2 heterocycles. The molecule has 0 radical (unpaired) electrons. The van der Waals surface area contributed by atoms with Crippen molar-refractivity contribution < 1.29 is 13.2 Å². The Bertz CT molecular complexity index is 556. The molecule has 0 bridgehead atoms. The van der Waals surface area contributed by atoms with Gasteiger partial charge in [-0.15, -0.1) is 0 Å². The molecule has 6 nitrogen and oxygen atoms in total. The lowest BCUT2D eigenvalue weighted by molar-refractivity contribution is 0.0954. The van der Waals surface area contributed by atoms with Gasteiger partial charge in [-0.2, -0.15) is 0 Å². The van der Waals surface area contributed by atoms with Crippen LogP contribution in [-0.2, 0) is 9.84 Å². The third-order valence-electron chi connectivity index (χ3n) is 3.05. The Balaban J connectivity index is 1.99. The van der Waals surface area contributed by atoms with E-state index >= 15 is 0 Å². The van der Waals surface area contributed by atoms with Gasteiger partial charge in [-0.3, -0.25) is 9.78 Å². The third-order valence-corrected chi connectivity index (χ3v) is 5.33. The van der Waals surface area contributed by atoms with E-state index in [1.807, 2.05) is 0 Å². The minimum absolute atomic E-state index is 0.134. The van der Waals surface area contributed by atoms with Gasteiger partial charge in [-0.1, -0.05) is 0 Å². The molecular formula is C11H15N3O3S. The fraction of sp³-hybridized carbons (Fsp3) is 0.455. The lowest BCUT2D eigenvalue weighted by atomic mass is 10.2. The lowest BCUT2D eigenvalue weighted by Gasteiger charge is -2.11. The quantitative estimate of drug-likeness (QED) is 0.802. The molecule has 1 atom stereocenters. The van der Waals surface area contributed by atoms with Gasteiger partial charge in [-0.05, 0) is 18.9 Å².